The second kappa shape index (κ2) is 5.72. The number of imidazole rings is 1. The van der Waals surface area contributed by atoms with E-state index in [0.717, 1.165) is 26.8 Å². The SMILES string of the molecule is Cn1c(=O)n(C)c2cc(C=C(C#N)c3nc4ccccc4s3)ccc21. The first kappa shape index (κ1) is 15.4. The van der Waals surface area contributed by atoms with Crippen molar-refractivity contribution in [2.24, 2.45) is 14.1 Å². The highest BCUT2D eigenvalue weighted by molar-refractivity contribution is 7.19. The van der Waals surface area contributed by atoms with Crippen molar-refractivity contribution < 1.29 is 0 Å². The average molecular weight is 346 g/mol. The van der Waals surface area contributed by atoms with Gasteiger partial charge in [0.25, 0.3) is 0 Å². The van der Waals surface area contributed by atoms with Crippen molar-refractivity contribution in [1.82, 2.24) is 14.1 Å². The van der Waals surface area contributed by atoms with Gasteiger partial charge in [0, 0.05) is 14.1 Å². The lowest BCUT2D eigenvalue weighted by Crippen LogP contribution is -2.19. The summed E-state index contributed by atoms with van der Waals surface area (Å²) in [6, 6.07) is 15.8. The summed E-state index contributed by atoms with van der Waals surface area (Å²) in [6.07, 6.45) is 1.81. The minimum absolute atomic E-state index is 0.0668. The number of hydrogen-bond donors (Lipinski definition) is 0. The highest BCUT2D eigenvalue weighted by Gasteiger charge is 2.10. The lowest BCUT2D eigenvalue weighted by atomic mass is 10.1. The Morgan fingerprint density at radius 2 is 1.92 bits per heavy atom. The molecule has 6 heteroatoms. The van der Waals surface area contributed by atoms with Gasteiger partial charge < -0.3 is 0 Å². The molecular weight excluding hydrogens is 332 g/mol. The van der Waals surface area contributed by atoms with E-state index in [1.54, 1.807) is 23.2 Å². The first-order valence-corrected chi connectivity index (χ1v) is 8.53. The van der Waals surface area contributed by atoms with Crippen LogP contribution in [0.3, 0.4) is 0 Å². The number of nitriles is 1. The molecule has 0 radical (unpaired) electrons. The molecule has 0 N–H and O–H groups in total. The van der Waals surface area contributed by atoms with Crippen LogP contribution in [0.5, 0.6) is 0 Å². The maximum atomic E-state index is 12.0. The number of fused-ring (bicyclic) bond motifs is 2. The van der Waals surface area contributed by atoms with E-state index in [1.807, 2.05) is 48.5 Å². The number of para-hydroxylation sites is 1. The van der Waals surface area contributed by atoms with Crippen LogP contribution in [-0.2, 0) is 14.1 Å². The van der Waals surface area contributed by atoms with Gasteiger partial charge in [0.2, 0.25) is 0 Å². The third kappa shape index (κ3) is 2.46. The number of thiazole rings is 1. The van der Waals surface area contributed by atoms with Gasteiger partial charge in [-0.2, -0.15) is 5.26 Å². The van der Waals surface area contributed by atoms with E-state index in [1.165, 1.54) is 11.3 Å². The Balaban J connectivity index is 1.85. The standard InChI is InChI=1S/C19H14N4OS/c1-22-15-8-7-12(10-16(15)23(2)19(22)24)9-13(11-20)18-21-14-5-3-4-6-17(14)25-18/h3-10H,1-2H3. The van der Waals surface area contributed by atoms with E-state index in [4.69, 9.17) is 0 Å². The van der Waals surface area contributed by atoms with Crippen LogP contribution in [0.15, 0.2) is 47.3 Å². The van der Waals surface area contributed by atoms with Gasteiger partial charge in [-0.15, -0.1) is 11.3 Å². The van der Waals surface area contributed by atoms with E-state index in [-0.39, 0.29) is 5.69 Å². The molecular formula is C19H14N4OS. The second-order valence-corrected chi connectivity index (χ2v) is 6.84. The van der Waals surface area contributed by atoms with Crippen molar-refractivity contribution in [3.8, 4) is 6.07 Å². The van der Waals surface area contributed by atoms with Crippen molar-refractivity contribution in [2.45, 2.75) is 0 Å². The second-order valence-electron chi connectivity index (χ2n) is 5.81. The topological polar surface area (TPSA) is 63.6 Å². The van der Waals surface area contributed by atoms with Gasteiger partial charge in [-0.3, -0.25) is 9.13 Å². The third-order valence-electron chi connectivity index (χ3n) is 4.25. The molecule has 0 atom stereocenters. The molecule has 0 amide bonds. The van der Waals surface area contributed by atoms with Crippen molar-refractivity contribution in [3.63, 3.8) is 0 Å². The van der Waals surface area contributed by atoms with Gasteiger partial charge in [0.1, 0.15) is 11.1 Å². The van der Waals surface area contributed by atoms with Crippen molar-refractivity contribution in [1.29, 1.82) is 5.26 Å². The number of aromatic nitrogens is 3. The Bertz CT molecular complexity index is 1220. The highest BCUT2D eigenvalue weighted by Crippen LogP contribution is 2.28. The summed E-state index contributed by atoms with van der Waals surface area (Å²) < 4.78 is 4.28. The quantitative estimate of drug-likeness (QED) is 0.521. The number of rotatable bonds is 2. The lowest BCUT2D eigenvalue weighted by Gasteiger charge is -1.99. The first-order valence-electron chi connectivity index (χ1n) is 7.71. The smallest absolute Gasteiger partial charge is 0.295 e. The molecule has 0 aliphatic heterocycles. The summed E-state index contributed by atoms with van der Waals surface area (Å²) in [5.74, 6) is 0. The predicted molar refractivity (Wildman–Crippen MR) is 101 cm³/mol. The predicted octanol–water partition coefficient (Wildman–Crippen LogP) is 3.55. The van der Waals surface area contributed by atoms with E-state index < -0.39 is 0 Å². The number of benzene rings is 2. The fourth-order valence-electron chi connectivity index (χ4n) is 2.91. The minimum Gasteiger partial charge on any atom is -0.295 e. The van der Waals surface area contributed by atoms with E-state index >= 15 is 0 Å². The molecule has 4 aromatic rings. The summed E-state index contributed by atoms with van der Waals surface area (Å²) in [4.78, 5) is 16.6. The van der Waals surface area contributed by atoms with Crippen LogP contribution in [0.1, 0.15) is 10.6 Å². The summed E-state index contributed by atoms with van der Waals surface area (Å²) in [7, 11) is 3.50. The van der Waals surface area contributed by atoms with E-state index in [9.17, 15) is 10.1 Å². The molecule has 0 saturated heterocycles. The Labute approximate surface area is 147 Å². The van der Waals surface area contributed by atoms with Crippen molar-refractivity contribution in [3.05, 3.63) is 63.5 Å². The molecule has 0 unspecified atom stereocenters. The molecule has 0 saturated carbocycles. The highest BCUT2D eigenvalue weighted by atomic mass is 32.1. The molecule has 2 aromatic carbocycles. The zero-order valence-corrected chi connectivity index (χ0v) is 14.5. The summed E-state index contributed by atoms with van der Waals surface area (Å²) in [6.45, 7) is 0. The van der Waals surface area contributed by atoms with Crippen LogP contribution in [0.25, 0.3) is 32.9 Å². The molecule has 0 aliphatic carbocycles. The van der Waals surface area contributed by atoms with E-state index in [2.05, 4.69) is 11.1 Å². The molecule has 4 rings (SSSR count). The number of nitrogens with zero attached hydrogens (tertiary/aromatic N) is 4. The summed E-state index contributed by atoms with van der Waals surface area (Å²) >= 11 is 1.50. The molecule has 0 fully saturated rings. The Kier molecular flexibility index (Phi) is 3.52. The van der Waals surface area contributed by atoms with Gasteiger partial charge in [0.05, 0.1) is 26.8 Å². The monoisotopic (exact) mass is 346 g/mol. The summed E-state index contributed by atoms with van der Waals surface area (Å²) in [5, 5.41) is 10.3. The largest absolute Gasteiger partial charge is 0.328 e. The lowest BCUT2D eigenvalue weighted by molar-refractivity contribution is 0.795. The van der Waals surface area contributed by atoms with Crippen molar-refractivity contribution >= 4 is 44.2 Å². The molecule has 122 valence electrons. The molecule has 0 aliphatic rings. The van der Waals surface area contributed by atoms with Gasteiger partial charge in [-0.25, -0.2) is 9.78 Å². The zero-order valence-electron chi connectivity index (χ0n) is 13.7. The molecule has 2 heterocycles. The Hall–Kier alpha value is -3.17. The molecule has 25 heavy (non-hydrogen) atoms. The first-order chi connectivity index (χ1) is 12.1. The molecule has 0 bridgehead atoms. The average Bonchev–Trinajstić information content (AvgIpc) is 3.15. The van der Waals surface area contributed by atoms with Gasteiger partial charge in [-0.1, -0.05) is 18.2 Å². The van der Waals surface area contributed by atoms with Crippen molar-refractivity contribution in [2.75, 3.05) is 0 Å². The van der Waals surface area contributed by atoms with E-state index in [0.29, 0.717) is 10.6 Å². The summed E-state index contributed by atoms with van der Waals surface area (Å²) in [5.41, 5.74) is 3.91. The molecule has 5 nitrogen and oxygen atoms in total. The fourth-order valence-corrected chi connectivity index (χ4v) is 3.84. The number of aryl methyl sites for hydroxylation is 2. The van der Waals surface area contributed by atoms with Crippen LogP contribution in [0.4, 0.5) is 0 Å². The number of hydrogen-bond acceptors (Lipinski definition) is 4. The van der Waals surface area contributed by atoms with Gasteiger partial charge >= 0.3 is 5.69 Å². The molecule has 2 aromatic heterocycles. The van der Waals surface area contributed by atoms with Crippen LogP contribution in [-0.4, -0.2) is 14.1 Å². The van der Waals surface area contributed by atoms with Crippen LogP contribution < -0.4 is 5.69 Å². The zero-order chi connectivity index (χ0) is 17.6. The van der Waals surface area contributed by atoms with Gasteiger partial charge in [-0.05, 0) is 35.9 Å². The maximum absolute atomic E-state index is 12.0. The Morgan fingerprint density at radius 3 is 2.68 bits per heavy atom. The maximum Gasteiger partial charge on any atom is 0.328 e. The third-order valence-corrected chi connectivity index (χ3v) is 5.32. The fraction of sp³-hybridized carbons (Fsp3) is 0.105. The van der Waals surface area contributed by atoms with Gasteiger partial charge in [0.15, 0.2) is 0 Å². The molecule has 0 spiro atoms. The van der Waals surface area contributed by atoms with Crippen LogP contribution >= 0.6 is 11.3 Å². The number of allylic oxidation sites excluding steroid dienone is 1. The Morgan fingerprint density at radius 1 is 1.16 bits per heavy atom. The minimum atomic E-state index is -0.0668. The van der Waals surface area contributed by atoms with Crippen LogP contribution in [0, 0.1) is 11.3 Å². The van der Waals surface area contributed by atoms with Crippen LogP contribution in [0.2, 0.25) is 0 Å². The normalized spacial score (nSPS) is 12.0.